The Bertz CT molecular complexity index is 601. The number of hydrogen-bond donors (Lipinski definition) is 2. The number of rotatable bonds is 7. The quantitative estimate of drug-likeness (QED) is 0.457. The third-order valence-electron chi connectivity index (χ3n) is 3.16. The summed E-state index contributed by atoms with van der Waals surface area (Å²) in [6, 6.07) is 0. The third kappa shape index (κ3) is 4.18. The Morgan fingerprint density at radius 1 is 1.14 bits per heavy atom. The molecule has 2 N–H and O–H groups in total. The Labute approximate surface area is 123 Å². The molecule has 0 atom stereocenters. The van der Waals surface area contributed by atoms with Crippen LogP contribution in [0.3, 0.4) is 0 Å². The maximum absolute atomic E-state index is 11.7. The van der Waals surface area contributed by atoms with Crippen molar-refractivity contribution >= 4 is 11.5 Å². The molecule has 1 rings (SSSR count). The summed E-state index contributed by atoms with van der Waals surface area (Å²) in [5, 5.41) is 19.4. The third-order valence-corrected chi connectivity index (χ3v) is 3.16. The van der Waals surface area contributed by atoms with Crippen LogP contribution in [0.1, 0.15) is 62.4 Å². The van der Waals surface area contributed by atoms with Crippen LogP contribution in [-0.4, -0.2) is 28.3 Å². The van der Waals surface area contributed by atoms with Crippen molar-refractivity contribution in [2.24, 2.45) is 4.99 Å². The Kier molecular flexibility index (Phi) is 6.14. The molecular weight excluding hydrogens is 274 g/mol. The molecule has 0 saturated heterocycles. The van der Waals surface area contributed by atoms with Crippen molar-refractivity contribution in [3.05, 3.63) is 21.5 Å². The Morgan fingerprint density at radius 2 is 1.81 bits per heavy atom. The van der Waals surface area contributed by atoms with Gasteiger partial charge in [-0.2, -0.15) is 0 Å². The zero-order valence-corrected chi connectivity index (χ0v) is 12.6. The number of nitrogens with zero attached hydrogens (tertiary/aromatic N) is 1. The van der Waals surface area contributed by atoms with Crippen LogP contribution in [0.2, 0.25) is 0 Å². The van der Waals surface area contributed by atoms with Crippen molar-refractivity contribution in [2.45, 2.75) is 46.5 Å². The average molecular weight is 295 g/mol. The summed E-state index contributed by atoms with van der Waals surface area (Å²) in [5.41, 5.74) is -1.19. The van der Waals surface area contributed by atoms with Gasteiger partial charge in [0, 0.05) is 6.54 Å². The fraction of sp³-hybridized carbons (Fsp3) is 0.533. The molecule has 1 aromatic rings. The van der Waals surface area contributed by atoms with Crippen LogP contribution in [0.15, 0.2) is 14.2 Å². The largest absolute Gasteiger partial charge is 0.506 e. The normalized spacial score (nSPS) is 11.7. The molecule has 0 unspecified atom stereocenters. The van der Waals surface area contributed by atoms with E-state index in [2.05, 4.69) is 16.3 Å². The lowest BCUT2D eigenvalue weighted by atomic mass is 10.1. The first-order valence-electron chi connectivity index (χ1n) is 7.01. The van der Waals surface area contributed by atoms with E-state index < -0.39 is 28.7 Å². The molecule has 0 spiro atoms. The number of unbranched alkanes of at least 4 members (excludes halogenated alkanes) is 3. The molecule has 1 aromatic heterocycles. The van der Waals surface area contributed by atoms with Gasteiger partial charge in [-0.1, -0.05) is 26.2 Å². The van der Waals surface area contributed by atoms with Crippen LogP contribution in [0.5, 0.6) is 11.7 Å². The predicted molar refractivity (Wildman–Crippen MR) is 79.5 cm³/mol. The van der Waals surface area contributed by atoms with E-state index in [9.17, 15) is 19.8 Å². The van der Waals surface area contributed by atoms with Crippen LogP contribution >= 0.6 is 0 Å². The van der Waals surface area contributed by atoms with E-state index in [0.29, 0.717) is 12.3 Å². The molecule has 0 bridgehead atoms. The van der Waals surface area contributed by atoms with Crippen molar-refractivity contribution in [1.29, 1.82) is 0 Å². The van der Waals surface area contributed by atoms with Crippen LogP contribution in [0.4, 0.5) is 0 Å². The highest BCUT2D eigenvalue weighted by Gasteiger charge is 2.23. The van der Waals surface area contributed by atoms with Crippen molar-refractivity contribution in [3.8, 4) is 11.7 Å². The van der Waals surface area contributed by atoms with Gasteiger partial charge in [0.05, 0.1) is 5.71 Å². The Hall–Kier alpha value is -2.11. The fourth-order valence-electron chi connectivity index (χ4n) is 2.01. The molecule has 0 aliphatic rings. The van der Waals surface area contributed by atoms with E-state index in [-0.39, 0.29) is 5.56 Å². The van der Waals surface area contributed by atoms with Gasteiger partial charge < -0.3 is 14.6 Å². The highest BCUT2D eigenvalue weighted by molar-refractivity contribution is 6.06. The van der Waals surface area contributed by atoms with Crippen LogP contribution in [-0.2, 0) is 0 Å². The van der Waals surface area contributed by atoms with Gasteiger partial charge in [0.2, 0.25) is 0 Å². The second-order valence-electron chi connectivity index (χ2n) is 4.88. The van der Waals surface area contributed by atoms with Crippen molar-refractivity contribution in [2.75, 3.05) is 6.54 Å². The molecule has 21 heavy (non-hydrogen) atoms. The standard InChI is InChI=1S/C15H21NO5/c1-4-5-6-7-8-16-9(2)11-13(18)12(10(3)17)15(20)21-14(11)19/h18,20H,4-8H2,1-3H3. The molecular formula is C15H21NO5. The molecule has 0 aliphatic heterocycles. The fourth-order valence-corrected chi connectivity index (χ4v) is 2.01. The number of aliphatic imine (C=N–C) groups is 1. The Morgan fingerprint density at radius 3 is 2.38 bits per heavy atom. The zero-order chi connectivity index (χ0) is 16.0. The van der Waals surface area contributed by atoms with E-state index in [0.717, 1.165) is 32.6 Å². The lowest BCUT2D eigenvalue weighted by Gasteiger charge is -2.07. The maximum Gasteiger partial charge on any atom is 0.351 e. The van der Waals surface area contributed by atoms with Gasteiger partial charge in [0.15, 0.2) is 5.78 Å². The van der Waals surface area contributed by atoms with Crippen LogP contribution in [0.25, 0.3) is 0 Å². The van der Waals surface area contributed by atoms with Crippen LogP contribution in [0, 0.1) is 0 Å². The highest BCUT2D eigenvalue weighted by atomic mass is 16.5. The van der Waals surface area contributed by atoms with Gasteiger partial charge in [0.1, 0.15) is 16.9 Å². The van der Waals surface area contributed by atoms with E-state index in [1.807, 2.05) is 0 Å². The SMILES string of the molecule is CCCCCCN=C(C)c1c(O)c(C(C)=O)c(O)oc1=O. The molecule has 0 aliphatic carbocycles. The molecule has 116 valence electrons. The average Bonchev–Trinajstić information content (AvgIpc) is 2.37. The minimum Gasteiger partial charge on any atom is -0.506 e. The minimum atomic E-state index is -0.912. The van der Waals surface area contributed by atoms with Crippen molar-refractivity contribution < 1.29 is 19.4 Å². The lowest BCUT2D eigenvalue weighted by Crippen LogP contribution is -2.15. The highest BCUT2D eigenvalue weighted by Crippen LogP contribution is 2.28. The van der Waals surface area contributed by atoms with E-state index in [1.54, 1.807) is 6.92 Å². The first-order chi connectivity index (χ1) is 9.90. The lowest BCUT2D eigenvalue weighted by molar-refractivity contribution is 0.100. The molecule has 1 heterocycles. The molecule has 0 radical (unpaired) electrons. The minimum absolute atomic E-state index is 0.173. The summed E-state index contributed by atoms with van der Waals surface area (Å²) >= 11 is 0. The summed E-state index contributed by atoms with van der Waals surface area (Å²) in [6.45, 7) is 5.36. The monoisotopic (exact) mass is 295 g/mol. The Balaban J connectivity index is 3.07. The molecule has 0 fully saturated rings. The summed E-state index contributed by atoms with van der Waals surface area (Å²) in [7, 11) is 0. The van der Waals surface area contributed by atoms with Gasteiger partial charge >= 0.3 is 5.63 Å². The number of hydrogen-bond acceptors (Lipinski definition) is 6. The summed E-state index contributed by atoms with van der Waals surface area (Å²) in [6.07, 6.45) is 4.17. The smallest absolute Gasteiger partial charge is 0.351 e. The zero-order valence-electron chi connectivity index (χ0n) is 12.6. The second-order valence-corrected chi connectivity index (χ2v) is 4.88. The predicted octanol–water partition coefficient (Wildman–Crippen LogP) is 2.64. The molecule has 0 saturated carbocycles. The van der Waals surface area contributed by atoms with Gasteiger partial charge in [0.25, 0.3) is 5.95 Å². The first-order valence-corrected chi connectivity index (χ1v) is 7.01. The topological polar surface area (TPSA) is 100 Å². The summed E-state index contributed by atoms with van der Waals surface area (Å²) in [4.78, 5) is 27.3. The van der Waals surface area contributed by atoms with Crippen molar-refractivity contribution in [3.63, 3.8) is 0 Å². The number of aromatic hydroxyl groups is 2. The first kappa shape index (κ1) is 16.9. The molecule has 6 nitrogen and oxygen atoms in total. The van der Waals surface area contributed by atoms with Crippen molar-refractivity contribution in [1.82, 2.24) is 0 Å². The molecule has 0 amide bonds. The number of carbonyl (C=O) groups is 1. The van der Waals surface area contributed by atoms with Gasteiger partial charge in [-0.05, 0) is 20.3 Å². The van der Waals surface area contributed by atoms with E-state index >= 15 is 0 Å². The molecule has 0 aromatic carbocycles. The van der Waals surface area contributed by atoms with Gasteiger partial charge in [-0.25, -0.2) is 4.79 Å². The van der Waals surface area contributed by atoms with E-state index in [4.69, 9.17) is 0 Å². The second kappa shape index (κ2) is 7.61. The van der Waals surface area contributed by atoms with Gasteiger partial charge in [-0.15, -0.1) is 0 Å². The van der Waals surface area contributed by atoms with Crippen LogP contribution < -0.4 is 5.63 Å². The van der Waals surface area contributed by atoms with Gasteiger partial charge in [-0.3, -0.25) is 9.79 Å². The summed E-state index contributed by atoms with van der Waals surface area (Å²) in [5.74, 6) is -2.04. The number of ketones is 1. The van der Waals surface area contributed by atoms with E-state index in [1.165, 1.54) is 0 Å². The maximum atomic E-state index is 11.7. The summed E-state index contributed by atoms with van der Waals surface area (Å²) < 4.78 is 4.59. The number of Topliss-reactive ketones (excluding diaryl/α,β-unsaturated/α-hetero) is 1. The number of carbonyl (C=O) groups excluding carboxylic acids is 1. The molecule has 6 heteroatoms.